The molecule has 116 valence electrons. The predicted octanol–water partition coefficient (Wildman–Crippen LogP) is 3.22. The van der Waals surface area contributed by atoms with E-state index in [2.05, 4.69) is 10.1 Å². The summed E-state index contributed by atoms with van der Waals surface area (Å²) < 4.78 is 10.4. The van der Waals surface area contributed by atoms with E-state index in [4.69, 9.17) is 20.5 Å². The average molecular weight is 330 g/mol. The minimum atomic E-state index is -0.124. The number of amides is 1. The van der Waals surface area contributed by atoms with E-state index in [9.17, 15) is 4.79 Å². The van der Waals surface area contributed by atoms with Crippen LogP contribution in [-0.2, 0) is 0 Å². The molecule has 23 heavy (non-hydrogen) atoms. The minimum absolute atomic E-state index is 0.0503. The number of benzene rings is 1. The quantitative estimate of drug-likeness (QED) is 0.737. The van der Waals surface area contributed by atoms with E-state index in [1.54, 1.807) is 29.2 Å². The van der Waals surface area contributed by atoms with Crippen LogP contribution in [0, 0.1) is 0 Å². The average Bonchev–Trinajstić information content (AvgIpc) is 3.17. The molecule has 1 aliphatic rings. The van der Waals surface area contributed by atoms with Crippen LogP contribution in [0.25, 0.3) is 11.4 Å². The molecule has 0 saturated carbocycles. The Morgan fingerprint density at radius 1 is 1.26 bits per heavy atom. The zero-order chi connectivity index (χ0) is 15.8. The van der Waals surface area contributed by atoms with Gasteiger partial charge in [0.05, 0.1) is 12.2 Å². The van der Waals surface area contributed by atoms with Crippen LogP contribution in [0.2, 0.25) is 5.02 Å². The molecule has 1 amide bonds. The maximum absolute atomic E-state index is 12.1. The standard InChI is InChI=1S/C16H12ClN3O3/c17-12-4-1-3-10(7-12)14-18-15(23-19-14)11-8-20(9-11)16(21)13-5-2-6-22-13/h1-7,11H,8-9H2. The third-order valence-corrected chi connectivity index (χ3v) is 4.01. The molecule has 7 heteroatoms. The van der Waals surface area contributed by atoms with Crippen LogP contribution in [0.1, 0.15) is 22.4 Å². The summed E-state index contributed by atoms with van der Waals surface area (Å²) in [6, 6.07) is 10.6. The lowest BCUT2D eigenvalue weighted by Gasteiger charge is -2.36. The van der Waals surface area contributed by atoms with Crippen LogP contribution in [-0.4, -0.2) is 34.0 Å². The van der Waals surface area contributed by atoms with Gasteiger partial charge in [-0.05, 0) is 24.3 Å². The molecule has 0 N–H and O–H groups in total. The maximum atomic E-state index is 12.1. The van der Waals surface area contributed by atoms with Gasteiger partial charge in [0.1, 0.15) is 0 Å². The summed E-state index contributed by atoms with van der Waals surface area (Å²) in [7, 11) is 0. The van der Waals surface area contributed by atoms with E-state index < -0.39 is 0 Å². The molecule has 1 saturated heterocycles. The SMILES string of the molecule is O=C(c1ccco1)N1CC(c2nc(-c3cccc(Cl)c3)no2)C1. The summed E-state index contributed by atoms with van der Waals surface area (Å²) in [6.07, 6.45) is 1.49. The normalized spacial score (nSPS) is 14.7. The van der Waals surface area contributed by atoms with Gasteiger partial charge in [0.2, 0.25) is 11.7 Å². The first-order valence-electron chi connectivity index (χ1n) is 7.13. The number of nitrogens with zero attached hydrogens (tertiary/aromatic N) is 3. The lowest BCUT2D eigenvalue weighted by molar-refractivity contribution is 0.0537. The monoisotopic (exact) mass is 329 g/mol. The van der Waals surface area contributed by atoms with E-state index in [0.717, 1.165) is 5.56 Å². The summed E-state index contributed by atoms with van der Waals surface area (Å²) in [6.45, 7) is 1.08. The number of hydrogen-bond donors (Lipinski definition) is 0. The molecule has 6 nitrogen and oxygen atoms in total. The van der Waals surface area contributed by atoms with Gasteiger partial charge in [-0.2, -0.15) is 4.98 Å². The number of aromatic nitrogens is 2. The number of rotatable bonds is 3. The van der Waals surface area contributed by atoms with Gasteiger partial charge in [-0.25, -0.2) is 0 Å². The molecule has 0 bridgehead atoms. The minimum Gasteiger partial charge on any atom is -0.459 e. The highest BCUT2D eigenvalue weighted by atomic mass is 35.5. The largest absolute Gasteiger partial charge is 0.459 e. The Morgan fingerprint density at radius 3 is 2.87 bits per heavy atom. The van der Waals surface area contributed by atoms with Crippen LogP contribution in [0.3, 0.4) is 0 Å². The van der Waals surface area contributed by atoms with Crippen molar-refractivity contribution in [3.63, 3.8) is 0 Å². The highest BCUT2D eigenvalue weighted by Gasteiger charge is 2.36. The Labute approximate surface area is 136 Å². The maximum Gasteiger partial charge on any atom is 0.289 e. The number of halogens is 1. The van der Waals surface area contributed by atoms with Crippen molar-refractivity contribution >= 4 is 17.5 Å². The fourth-order valence-electron chi connectivity index (χ4n) is 2.50. The van der Waals surface area contributed by atoms with Crippen molar-refractivity contribution < 1.29 is 13.7 Å². The van der Waals surface area contributed by atoms with E-state index in [1.165, 1.54) is 6.26 Å². The van der Waals surface area contributed by atoms with Crippen LogP contribution in [0.5, 0.6) is 0 Å². The van der Waals surface area contributed by atoms with Crippen LogP contribution >= 0.6 is 11.6 Å². The number of carbonyl (C=O) groups is 1. The fourth-order valence-corrected chi connectivity index (χ4v) is 2.69. The summed E-state index contributed by atoms with van der Waals surface area (Å²) in [5.74, 6) is 1.30. The first-order valence-corrected chi connectivity index (χ1v) is 7.51. The molecule has 0 aliphatic carbocycles. The summed E-state index contributed by atoms with van der Waals surface area (Å²) in [4.78, 5) is 18.2. The second-order valence-corrected chi connectivity index (χ2v) is 5.79. The van der Waals surface area contributed by atoms with Crippen LogP contribution in [0.4, 0.5) is 0 Å². The Balaban J connectivity index is 1.44. The third kappa shape index (κ3) is 2.61. The van der Waals surface area contributed by atoms with E-state index in [0.29, 0.717) is 35.6 Å². The van der Waals surface area contributed by atoms with Gasteiger partial charge in [0.15, 0.2) is 5.76 Å². The molecule has 1 fully saturated rings. The predicted molar refractivity (Wildman–Crippen MR) is 82.1 cm³/mol. The Hall–Kier alpha value is -2.60. The molecule has 4 rings (SSSR count). The van der Waals surface area contributed by atoms with Gasteiger partial charge in [-0.3, -0.25) is 4.79 Å². The first kappa shape index (κ1) is 14.0. The van der Waals surface area contributed by atoms with E-state index in [-0.39, 0.29) is 11.8 Å². The third-order valence-electron chi connectivity index (χ3n) is 3.77. The second-order valence-electron chi connectivity index (χ2n) is 5.35. The molecule has 1 aromatic carbocycles. The molecule has 3 heterocycles. The highest BCUT2D eigenvalue weighted by Crippen LogP contribution is 2.29. The summed E-state index contributed by atoms with van der Waals surface area (Å²) in [5, 5.41) is 4.60. The van der Waals surface area contributed by atoms with Crippen molar-refractivity contribution in [2.45, 2.75) is 5.92 Å². The Morgan fingerprint density at radius 2 is 2.13 bits per heavy atom. The highest BCUT2D eigenvalue weighted by molar-refractivity contribution is 6.30. The van der Waals surface area contributed by atoms with Crippen molar-refractivity contribution in [3.05, 3.63) is 59.3 Å². The zero-order valence-electron chi connectivity index (χ0n) is 12.0. The first-order chi connectivity index (χ1) is 11.2. The number of carbonyl (C=O) groups excluding carboxylic acids is 1. The lowest BCUT2D eigenvalue weighted by atomic mass is 10.00. The fraction of sp³-hybridized carbons (Fsp3) is 0.188. The van der Waals surface area contributed by atoms with E-state index in [1.807, 2.05) is 12.1 Å². The number of furan rings is 1. The van der Waals surface area contributed by atoms with Gasteiger partial charge in [-0.15, -0.1) is 0 Å². The molecule has 3 aromatic rings. The van der Waals surface area contributed by atoms with Crippen LogP contribution < -0.4 is 0 Å². The molecule has 0 spiro atoms. The van der Waals surface area contributed by atoms with Crippen LogP contribution in [0.15, 0.2) is 51.6 Å². The number of hydrogen-bond acceptors (Lipinski definition) is 5. The molecule has 1 aliphatic heterocycles. The lowest BCUT2D eigenvalue weighted by Crippen LogP contribution is -2.48. The molecular formula is C16H12ClN3O3. The van der Waals surface area contributed by atoms with Crippen molar-refractivity contribution in [3.8, 4) is 11.4 Å². The van der Waals surface area contributed by atoms with Gasteiger partial charge in [-0.1, -0.05) is 28.9 Å². The van der Waals surface area contributed by atoms with Gasteiger partial charge in [0, 0.05) is 23.7 Å². The Bertz CT molecular complexity index is 838. The zero-order valence-corrected chi connectivity index (χ0v) is 12.7. The van der Waals surface area contributed by atoms with Gasteiger partial charge >= 0.3 is 0 Å². The molecular weight excluding hydrogens is 318 g/mol. The second kappa shape index (κ2) is 5.55. The van der Waals surface area contributed by atoms with E-state index >= 15 is 0 Å². The molecule has 0 unspecified atom stereocenters. The van der Waals surface area contributed by atoms with Crippen molar-refractivity contribution in [2.24, 2.45) is 0 Å². The number of likely N-dealkylation sites (tertiary alicyclic amines) is 1. The van der Waals surface area contributed by atoms with Crippen molar-refractivity contribution in [1.29, 1.82) is 0 Å². The molecule has 2 aromatic heterocycles. The van der Waals surface area contributed by atoms with Crippen molar-refractivity contribution in [2.75, 3.05) is 13.1 Å². The molecule has 0 radical (unpaired) electrons. The Kier molecular flexibility index (Phi) is 3.38. The van der Waals surface area contributed by atoms with Gasteiger partial charge in [0.25, 0.3) is 5.91 Å². The smallest absolute Gasteiger partial charge is 0.289 e. The van der Waals surface area contributed by atoms with Gasteiger partial charge < -0.3 is 13.8 Å². The van der Waals surface area contributed by atoms with Crippen molar-refractivity contribution in [1.82, 2.24) is 15.0 Å². The summed E-state index contributed by atoms with van der Waals surface area (Å²) in [5.41, 5.74) is 0.801. The topological polar surface area (TPSA) is 72.4 Å². The molecule has 0 atom stereocenters. The summed E-state index contributed by atoms with van der Waals surface area (Å²) >= 11 is 5.97.